The molecule has 0 bridgehead atoms. The van der Waals surface area contributed by atoms with Crippen molar-refractivity contribution >= 4 is 57.4 Å². The Hall–Kier alpha value is -4.80. The van der Waals surface area contributed by atoms with Crippen molar-refractivity contribution in [2.24, 2.45) is 15.3 Å². The molecular weight excluding hydrogens is 641 g/mol. The van der Waals surface area contributed by atoms with Crippen LogP contribution in [-0.2, 0) is 42.3 Å². The molecule has 1 radical (unpaired) electrons. The number of hydrogen-bond acceptors (Lipinski definition) is 7. The van der Waals surface area contributed by atoms with Gasteiger partial charge in [0, 0.05) is 38.4 Å². The van der Waals surface area contributed by atoms with Crippen molar-refractivity contribution < 1.29 is 42.3 Å². The molecule has 0 unspecified atom stereocenters. The second-order valence-electron chi connectivity index (χ2n) is 10.2. The average molecular weight is 673 g/mol. The van der Waals surface area contributed by atoms with E-state index < -0.39 is 5.91 Å². The van der Waals surface area contributed by atoms with Crippen molar-refractivity contribution in [3.05, 3.63) is 114 Å². The van der Waals surface area contributed by atoms with Crippen molar-refractivity contribution in [3.8, 4) is 11.1 Å². The van der Waals surface area contributed by atoms with E-state index in [4.69, 9.17) is 0 Å². The quantitative estimate of drug-likeness (QED) is 0.137. The van der Waals surface area contributed by atoms with Crippen molar-refractivity contribution in [1.82, 2.24) is 0 Å². The van der Waals surface area contributed by atoms with Gasteiger partial charge in [-0.1, -0.05) is 55.5 Å². The number of nitrogens with zero attached hydrogens (tertiary/aromatic N) is 5. The smallest absolute Gasteiger partial charge is 0.301 e. The first-order chi connectivity index (χ1) is 21.2. The largest absolute Gasteiger partial charge is 0.806 e. The third kappa shape index (κ3) is 7.84. The molecule has 0 atom stereocenters. The Morgan fingerprint density at radius 3 is 1.91 bits per heavy atom. The zero-order valence-corrected chi connectivity index (χ0v) is 28.2. The van der Waals surface area contributed by atoms with E-state index >= 15 is 0 Å². The van der Waals surface area contributed by atoms with E-state index in [0.717, 1.165) is 27.9 Å². The molecule has 10 nitrogen and oxygen atoms in total. The number of nitrogens with one attached hydrogen (secondary N) is 3. The third-order valence-electron chi connectivity index (χ3n) is 6.94. The number of aryl methyl sites for hydroxylation is 2. The molecule has 5 rings (SSSR count). The van der Waals surface area contributed by atoms with E-state index in [1.165, 1.54) is 11.9 Å². The first-order valence-corrected chi connectivity index (χ1v) is 13.9. The first kappa shape index (κ1) is 33.1. The molecule has 4 aromatic carbocycles. The van der Waals surface area contributed by atoms with Crippen LogP contribution >= 0.6 is 0 Å². The Morgan fingerprint density at radius 2 is 1.36 bits per heavy atom. The number of hydrazone groups is 3. The fourth-order valence-electron chi connectivity index (χ4n) is 4.55. The molecule has 11 heteroatoms. The SMILES string of the molecule is CC(=[N-])/C(=N\Nc1ccc(-c2ccc(N/N=C3/C(=O)N(c4ccccc4)N=C3C)c(C)c2)cc1C)C(=O)Nc1ccccc1.[Y]. The summed E-state index contributed by atoms with van der Waals surface area (Å²) in [5, 5.41) is 27.1. The summed E-state index contributed by atoms with van der Waals surface area (Å²) in [6.07, 6.45) is 0. The maximum absolute atomic E-state index is 12.9. The topological polar surface area (TPSA) is 133 Å². The fourth-order valence-corrected chi connectivity index (χ4v) is 4.55. The molecule has 0 spiro atoms. The zero-order valence-electron chi connectivity index (χ0n) is 25.4. The predicted octanol–water partition coefficient (Wildman–Crippen LogP) is 6.60. The molecule has 0 saturated heterocycles. The van der Waals surface area contributed by atoms with E-state index in [-0.39, 0.29) is 55.8 Å². The summed E-state index contributed by atoms with van der Waals surface area (Å²) in [5.41, 5.74) is 13.0. The minimum atomic E-state index is -0.527. The van der Waals surface area contributed by atoms with Crippen LogP contribution < -0.4 is 21.2 Å². The third-order valence-corrected chi connectivity index (χ3v) is 6.94. The summed E-state index contributed by atoms with van der Waals surface area (Å²) in [7, 11) is 0. The molecule has 0 aliphatic carbocycles. The summed E-state index contributed by atoms with van der Waals surface area (Å²) >= 11 is 0. The van der Waals surface area contributed by atoms with Crippen LogP contribution in [0, 0.1) is 13.8 Å². The summed E-state index contributed by atoms with van der Waals surface area (Å²) in [6.45, 7) is 7.06. The van der Waals surface area contributed by atoms with Gasteiger partial charge in [-0.15, -0.1) is 0 Å². The summed E-state index contributed by atoms with van der Waals surface area (Å²) in [4.78, 5) is 25.6. The van der Waals surface area contributed by atoms with Gasteiger partial charge in [0.05, 0.1) is 22.8 Å². The monoisotopic (exact) mass is 672 g/mol. The maximum Gasteiger partial charge on any atom is 0.301 e. The van der Waals surface area contributed by atoms with Gasteiger partial charge in [-0.25, -0.2) is 0 Å². The predicted molar refractivity (Wildman–Crippen MR) is 180 cm³/mol. The van der Waals surface area contributed by atoms with Gasteiger partial charge in [-0.05, 0) is 91.6 Å². The molecule has 1 heterocycles. The zero-order chi connectivity index (χ0) is 31.2. The molecule has 0 aromatic heterocycles. The number of hydrogen-bond donors (Lipinski definition) is 3. The van der Waals surface area contributed by atoms with Crippen LogP contribution in [0.5, 0.6) is 0 Å². The standard InChI is InChI=1S/C34H31N8O2.Y/c1-21-19-25(15-17-29(21)37-39-31(23(3)35)33(43)36-27-11-7-5-8-12-27)26-16-18-30(22(2)20-26)38-40-32-24(4)41-42(34(32)44)28-13-9-6-10-14-28;/h5-20,37-38H,1-4H3,(H,36,43);/q-1;/b39-31+,40-32+;. The molecule has 0 fully saturated rings. The van der Waals surface area contributed by atoms with Gasteiger partial charge in [-0.2, -0.15) is 26.0 Å². The van der Waals surface area contributed by atoms with E-state index in [0.29, 0.717) is 22.8 Å². The molecule has 4 aromatic rings. The Bertz CT molecular complexity index is 1780. The second kappa shape index (κ2) is 14.8. The normalized spacial score (nSPS) is 13.6. The second-order valence-corrected chi connectivity index (χ2v) is 10.2. The van der Waals surface area contributed by atoms with Crippen LogP contribution in [0.4, 0.5) is 22.7 Å². The van der Waals surface area contributed by atoms with Crippen molar-refractivity contribution in [3.63, 3.8) is 0 Å². The number of carbonyl (C=O) groups is 2. The number of amides is 2. The van der Waals surface area contributed by atoms with Gasteiger partial charge in [-0.3, -0.25) is 20.4 Å². The van der Waals surface area contributed by atoms with Crippen LogP contribution in [0.3, 0.4) is 0 Å². The van der Waals surface area contributed by atoms with Gasteiger partial charge < -0.3 is 10.7 Å². The van der Waals surface area contributed by atoms with Crippen LogP contribution in [0.15, 0.2) is 112 Å². The molecular formula is C34H31N8O2Y-. The molecule has 1 aliphatic rings. The molecule has 45 heavy (non-hydrogen) atoms. The van der Waals surface area contributed by atoms with Crippen LogP contribution in [-0.4, -0.2) is 34.7 Å². The van der Waals surface area contributed by atoms with Crippen LogP contribution in [0.1, 0.15) is 25.0 Å². The van der Waals surface area contributed by atoms with Crippen molar-refractivity contribution in [2.75, 3.05) is 21.2 Å². The summed E-state index contributed by atoms with van der Waals surface area (Å²) in [6, 6.07) is 29.9. The van der Waals surface area contributed by atoms with Gasteiger partial charge in [0.1, 0.15) is 5.71 Å². The number of anilines is 4. The van der Waals surface area contributed by atoms with Crippen LogP contribution in [0.2, 0.25) is 0 Å². The number of benzene rings is 4. The summed E-state index contributed by atoms with van der Waals surface area (Å²) < 4.78 is 0. The summed E-state index contributed by atoms with van der Waals surface area (Å²) in [5.74, 6) is -0.819. The van der Waals surface area contributed by atoms with E-state index in [2.05, 4.69) is 31.5 Å². The minimum absolute atomic E-state index is 0. The molecule has 2 amide bonds. The van der Waals surface area contributed by atoms with Crippen molar-refractivity contribution in [2.45, 2.75) is 27.7 Å². The van der Waals surface area contributed by atoms with Gasteiger partial charge in [0.2, 0.25) is 0 Å². The molecule has 1 aliphatic heterocycles. The van der Waals surface area contributed by atoms with E-state index in [9.17, 15) is 15.0 Å². The number of carbonyl (C=O) groups excluding carboxylic acids is 2. The fraction of sp³-hybridized carbons (Fsp3) is 0.118. The van der Waals surface area contributed by atoms with E-state index in [1.807, 2.05) is 86.6 Å². The van der Waals surface area contributed by atoms with Crippen LogP contribution in [0.25, 0.3) is 16.5 Å². The van der Waals surface area contributed by atoms with Gasteiger partial charge >= 0.3 is 5.91 Å². The Morgan fingerprint density at radius 1 is 0.800 bits per heavy atom. The Balaban J connectivity index is 0.00000461. The average Bonchev–Trinajstić information content (AvgIpc) is 3.30. The molecule has 3 N–H and O–H groups in total. The first-order valence-electron chi connectivity index (χ1n) is 13.9. The Kier molecular flexibility index (Phi) is 10.9. The molecule has 223 valence electrons. The van der Waals surface area contributed by atoms with Gasteiger partial charge in [0.15, 0.2) is 5.71 Å². The number of rotatable bonds is 9. The van der Waals surface area contributed by atoms with E-state index in [1.54, 1.807) is 31.2 Å². The minimum Gasteiger partial charge on any atom is -0.806 e. The Labute approximate surface area is 287 Å². The van der Waals surface area contributed by atoms with Crippen molar-refractivity contribution in [1.29, 1.82) is 0 Å². The van der Waals surface area contributed by atoms with Gasteiger partial charge in [0.25, 0.3) is 5.91 Å². The maximum atomic E-state index is 12.9. The number of para-hydroxylation sites is 2. The molecule has 0 saturated carbocycles.